The number of aliphatic hydroxyl groups excluding tert-OH is 1. The van der Waals surface area contributed by atoms with E-state index in [1.54, 1.807) is 42.5 Å². The second-order valence-electron chi connectivity index (χ2n) is 9.85. The first-order valence-corrected chi connectivity index (χ1v) is 14.2. The summed E-state index contributed by atoms with van der Waals surface area (Å²) in [6.07, 6.45) is 0.833. The van der Waals surface area contributed by atoms with Crippen LogP contribution in [-0.4, -0.2) is 75.1 Å². The van der Waals surface area contributed by atoms with Gasteiger partial charge in [0.2, 0.25) is 21.8 Å². The molecule has 2 aromatic rings. The summed E-state index contributed by atoms with van der Waals surface area (Å²) in [5.41, 5.74) is 0.612. The van der Waals surface area contributed by atoms with Crippen LogP contribution in [0.5, 0.6) is 5.75 Å². The summed E-state index contributed by atoms with van der Waals surface area (Å²) < 4.78 is 33.4. The van der Waals surface area contributed by atoms with Crippen molar-refractivity contribution < 1.29 is 27.9 Å². The Balaban J connectivity index is 1.74. The number of aliphatic hydroxyl groups is 1. The number of benzene rings is 2. The molecule has 0 bridgehead atoms. The topological polar surface area (TPSA) is 137 Å². The summed E-state index contributed by atoms with van der Waals surface area (Å²) in [6.45, 7) is 3.58. The number of ether oxygens (including phenoxy) is 1. The zero-order valence-corrected chi connectivity index (χ0v) is 22.9. The van der Waals surface area contributed by atoms with E-state index in [1.807, 2.05) is 13.8 Å². The molecule has 2 amide bonds. The Morgan fingerprint density at radius 3 is 2.24 bits per heavy atom. The van der Waals surface area contributed by atoms with Gasteiger partial charge in [0, 0.05) is 19.1 Å². The minimum Gasteiger partial charge on any atom is -0.497 e. The molecule has 38 heavy (non-hydrogen) atoms. The Bertz CT molecular complexity index is 1150. The number of sulfonamides is 1. The number of hydrogen-bond donors (Lipinski definition) is 4. The van der Waals surface area contributed by atoms with Crippen molar-refractivity contribution in [1.82, 2.24) is 20.3 Å². The van der Waals surface area contributed by atoms with Gasteiger partial charge < -0.3 is 25.8 Å². The van der Waals surface area contributed by atoms with Crippen LogP contribution in [0.15, 0.2) is 59.5 Å². The molecule has 0 unspecified atom stereocenters. The molecule has 0 radical (unpaired) electrons. The molecule has 0 spiro atoms. The number of carbonyl (C=O) groups is 2. The highest BCUT2D eigenvalue weighted by Gasteiger charge is 2.32. The fourth-order valence-corrected chi connectivity index (χ4v) is 5.56. The van der Waals surface area contributed by atoms with Gasteiger partial charge in [0.25, 0.3) is 0 Å². The molecule has 1 saturated carbocycles. The highest BCUT2D eigenvalue weighted by Crippen LogP contribution is 2.24. The van der Waals surface area contributed by atoms with Crippen LogP contribution in [-0.2, 0) is 19.6 Å². The molecule has 0 saturated heterocycles. The molecule has 2 atom stereocenters. The molecule has 1 fully saturated rings. The second kappa shape index (κ2) is 13.7. The largest absolute Gasteiger partial charge is 0.497 e. The molecule has 0 aliphatic heterocycles. The lowest BCUT2D eigenvalue weighted by molar-refractivity contribution is -0.126. The molecular formula is C27H38N4O6S. The molecule has 1 aliphatic rings. The molecule has 2 aromatic carbocycles. The van der Waals surface area contributed by atoms with Crippen molar-refractivity contribution in [2.75, 3.05) is 33.3 Å². The molecule has 3 rings (SSSR count). The number of rotatable bonds is 15. The highest BCUT2D eigenvalue weighted by atomic mass is 32.2. The maximum Gasteiger partial charge on any atom is 0.243 e. The number of methoxy groups -OCH3 is 1. The van der Waals surface area contributed by atoms with E-state index < -0.39 is 28.1 Å². The van der Waals surface area contributed by atoms with E-state index in [0.29, 0.717) is 17.4 Å². The zero-order chi connectivity index (χ0) is 27.7. The molecule has 4 N–H and O–H groups in total. The van der Waals surface area contributed by atoms with E-state index in [9.17, 15) is 23.1 Å². The maximum absolute atomic E-state index is 13.5. The molecule has 208 valence electrons. The van der Waals surface area contributed by atoms with Crippen molar-refractivity contribution in [3.63, 3.8) is 0 Å². The van der Waals surface area contributed by atoms with Gasteiger partial charge in [0.05, 0.1) is 37.2 Å². The van der Waals surface area contributed by atoms with Crippen molar-refractivity contribution in [2.24, 2.45) is 5.92 Å². The number of nitrogens with one attached hydrogen (secondary N) is 3. The molecular weight excluding hydrogens is 508 g/mol. The first kappa shape index (κ1) is 29.6. The van der Waals surface area contributed by atoms with Gasteiger partial charge in [-0.15, -0.1) is 0 Å². The van der Waals surface area contributed by atoms with Crippen LogP contribution >= 0.6 is 0 Å². The Labute approximate surface area is 224 Å². The van der Waals surface area contributed by atoms with Gasteiger partial charge in [-0.3, -0.25) is 9.59 Å². The molecule has 10 nitrogen and oxygen atoms in total. The van der Waals surface area contributed by atoms with Crippen molar-refractivity contribution in [1.29, 1.82) is 0 Å². The fourth-order valence-electron chi connectivity index (χ4n) is 3.94. The standard InChI is InChI=1S/C27H38N4O6S/c1-19(2)17-31(38(35,36)23-13-11-22(37-3)12-14-23)18-24(32)27(20-7-5-4-6-8-20)30-26(34)16-29-25(33)15-28-21-9-10-21/h4-8,11-14,19,21,24,27-28,32H,9-10,15-18H2,1-3H3,(H,29,33)(H,30,34)/t24-,27+/m1/s1. The zero-order valence-electron chi connectivity index (χ0n) is 22.1. The first-order chi connectivity index (χ1) is 18.1. The summed E-state index contributed by atoms with van der Waals surface area (Å²) in [7, 11) is -2.45. The predicted octanol–water partition coefficient (Wildman–Crippen LogP) is 1.43. The van der Waals surface area contributed by atoms with Crippen LogP contribution < -0.4 is 20.7 Å². The lowest BCUT2D eigenvalue weighted by atomic mass is 10.0. The van der Waals surface area contributed by atoms with E-state index in [1.165, 1.54) is 23.5 Å². The van der Waals surface area contributed by atoms with Gasteiger partial charge in [0.15, 0.2) is 0 Å². The van der Waals surface area contributed by atoms with Crippen LogP contribution in [0.1, 0.15) is 38.3 Å². The highest BCUT2D eigenvalue weighted by molar-refractivity contribution is 7.89. The monoisotopic (exact) mass is 546 g/mol. The van der Waals surface area contributed by atoms with E-state index in [0.717, 1.165) is 12.8 Å². The summed E-state index contributed by atoms with van der Waals surface area (Å²) >= 11 is 0. The lowest BCUT2D eigenvalue weighted by Crippen LogP contribution is -2.48. The van der Waals surface area contributed by atoms with Gasteiger partial charge in [-0.25, -0.2) is 8.42 Å². The fraction of sp³-hybridized carbons (Fsp3) is 0.481. The van der Waals surface area contributed by atoms with Crippen LogP contribution in [0, 0.1) is 5.92 Å². The average Bonchev–Trinajstić information content (AvgIpc) is 3.74. The molecule has 11 heteroatoms. The summed E-state index contributed by atoms with van der Waals surface area (Å²) in [6, 6.07) is 14.4. The van der Waals surface area contributed by atoms with Crippen LogP contribution in [0.25, 0.3) is 0 Å². The summed E-state index contributed by atoms with van der Waals surface area (Å²) in [5, 5.41) is 19.7. The molecule has 0 aromatic heterocycles. The van der Waals surface area contributed by atoms with Crippen molar-refractivity contribution >= 4 is 21.8 Å². The quantitative estimate of drug-likeness (QED) is 0.265. The average molecular weight is 547 g/mol. The number of hydrogen-bond acceptors (Lipinski definition) is 7. The third-order valence-corrected chi connectivity index (χ3v) is 7.94. The summed E-state index contributed by atoms with van der Waals surface area (Å²) in [4.78, 5) is 24.8. The van der Waals surface area contributed by atoms with E-state index in [-0.39, 0.29) is 42.9 Å². The van der Waals surface area contributed by atoms with E-state index in [4.69, 9.17) is 4.74 Å². The van der Waals surface area contributed by atoms with Crippen molar-refractivity contribution in [3.8, 4) is 5.75 Å². The minimum atomic E-state index is -3.95. The van der Waals surface area contributed by atoms with E-state index in [2.05, 4.69) is 16.0 Å². The Kier molecular flexibility index (Phi) is 10.7. The first-order valence-electron chi connectivity index (χ1n) is 12.8. The van der Waals surface area contributed by atoms with Gasteiger partial charge in [-0.05, 0) is 48.6 Å². The smallest absolute Gasteiger partial charge is 0.243 e. The second-order valence-corrected chi connectivity index (χ2v) is 11.8. The van der Waals surface area contributed by atoms with Gasteiger partial charge in [-0.1, -0.05) is 44.2 Å². The van der Waals surface area contributed by atoms with Crippen LogP contribution in [0.4, 0.5) is 0 Å². The van der Waals surface area contributed by atoms with Crippen molar-refractivity contribution in [2.45, 2.75) is 49.8 Å². The normalized spacial score (nSPS) is 15.2. The van der Waals surface area contributed by atoms with Crippen LogP contribution in [0.3, 0.4) is 0 Å². The van der Waals surface area contributed by atoms with Gasteiger partial charge >= 0.3 is 0 Å². The number of nitrogens with zero attached hydrogens (tertiary/aromatic N) is 1. The Hall–Kier alpha value is -2.99. The van der Waals surface area contributed by atoms with Gasteiger partial charge in [0.1, 0.15) is 5.75 Å². The number of amides is 2. The SMILES string of the molecule is COc1ccc(S(=O)(=O)N(CC(C)C)C[C@@H](O)[C@@H](NC(=O)CNC(=O)CNC2CC2)c2ccccc2)cc1. The number of carbonyl (C=O) groups excluding carboxylic acids is 2. The predicted molar refractivity (Wildman–Crippen MR) is 144 cm³/mol. The van der Waals surface area contributed by atoms with E-state index >= 15 is 0 Å². The third kappa shape index (κ3) is 8.80. The maximum atomic E-state index is 13.5. The third-order valence-electron chi connectivity index (χ3n) is 6.09. The Morgan fingerprint density at radius 1 is 1.00 bits per heavy atom. The Morgan fingerprint density at radius 2 is 1.66 bits per heavy atom. The molecule has 1 aliphatic carbocycles. The molecule has 0 heterocycles. The van der Waals surface area contributed by atoms with Crippen molar-refractivity contribution in [3.05, 3.63) is 60.2 Å². The minimum absolute atomic E-state index is 0.0144. The summed E-state index contributed by atoms with van der Waals surface area (Å²) in [5.74, 6) is -0.273. The van der Waals surface area contributed by atoms with Gasteiger partial charge in [-0.2, -0.15) is 4.31 Å². The lowest BCUT2D eigenvalue weighted by Gasteiger charge is -2.31. The van der Waals surface area contributed by atoms with Crippen LogP contribution in [0.2, 0.25) is 0 Å².